The van der Waals surface area contributed by atoms with Crippen molar-refractivity contribution in [2.24, 2.45) is 7.05 Å². The highest BCUT2D eigenvalue weighted by molar-refractivity contribution is 5.91. The predicted molar refractivity (Wildman–Crippen MR) is 96.4 cm³/mol. The molecule has 130 valence electrons. The molecule has 0 bridgehead atoms. The van der Waals surface area contributed by atoms with E-state index < -0.39 is 0 Å². The van der Waals surface area contributed by atoms with Crippen molar-refractivity contribution in [3.8, 4) is 0 Å². The number of hydrogen-bond donors (Lipinski definition) is 1. The van der Waals surface area contributed by atoms with E-state index in [2.05, 4.69) is 32.7 Å². The Labute approximate surface area is 146 Å². The summed E-state index contributed by atoms with van der Waals surface area (Å²) in [7, 11) is 1.83. The fourth-order valence-electron chi connectivity index (χ4n) is 3.46. The number of likely N-dealkylation sites (tertiary alicyclic amines) is 1. The molecule has 1 fully saturated rings. The summed E-state index contributed by atoms with van der Waals surface area (Å²) in [4.78, 5) is 14.5. The Morgan fingerprint density at radius 1 is 1.32 bits per heavy atom. The van der Waals surface area contributed by atoms with Gasteiger partial charge in [-0.15, -0.1) is 0 Å². The summed E-state index contributed by atoms with van der Waals surface area (Å²) in [6.45, 7) is 4.04. The van der Waals surface area contributed by atoms with Gasteiger partial charge in [0.05, 0.1) is 23.8 Å². The van der Waals surface area contributed by atoms with Crippen LogP contribution in [0.15, 0.2) is 36.5 Å². The second kappa shape index (κ2) is 6.33. The van der Waals surface area contributed by atoms with Crippen LogP contribution in [0.4, 0.5) is 5.82 Å². The van der Waals surface area contributed by atoms with Crippen LogP contribution in [0.1, 0.15) is 18.2 Å². The molecule has 25 heavy (non-hydrogen) atoms. The fourth-order valence-corrected chi connectivity index (χ4v) is 3.46. The van der Waals surface area contributed by atoms with Crippen LogP contribution >= 0.6 is 0 Å². The Bertz CT molecular complexity index is 878. The van der Waals surface area contributed by atoms with Crippen LogP contribution < -0.4 is 5.32 Å². The molecule has 1 unspecified atom stereocenters. The summed E-state index contributed by atoms with van der Waals surface area (Å²) in [5, 5.41) is 13.0. The SMILES string of the molecule is Cc1cc(NC(=O)CN2CCC(n3cc4ccccc4n3)C2)n(C)n1. The zero-order chi connectivity index (χ0) is 17.4. The predicted octanol–water partition coefficient (Wildman–Crippen LogP) is 1.96. The summed E-state index contributed by atoms with van der Waals surface area (Å²) in [6.07, 6.45) is 3.11. The first kappa shape index (κ1) is 15.8. The number of aryl methyl sites for hydroxylation is 2. The Hall–Kier alpha value is -2.67. The number of hydrogen-bond acceptors (Lipinski definition) is 4. The summed E-state index contributed by atoms with van der Waals surface area (Å²) in [6, 6.07) is 10.3. The highest BCUT2D eigenvalue weighted by atomic mass is 16.2. The minimum atomic E-state index is -0.00530. The van der Waals surface area contributed by atoms with E-state index >= 15 is 0 Å². The van der Waals surface area contributed by atoms with Gasteiger partial charge in [0, 0.05) is 37.8 Å². The Morgan fingerprint density at radius 2 is 2.16 bits per heavy atom. The normalized spacial score (nSPS) is 18.1. The third-order valence-corrected chi connectivity index (χ3v) is 4.69. The lowest BCUT2D eigenvalue weighted by Crippen LogP contribution is -2.32. The van der Waals surface area contributed by atoms with Gasteiger partial charge in [-0.2, -0.15) is 10.2 Å². The summed E-state index contributed by atoms with van der Waals surface area (Å²) < 4.78 is 3.74. The molecule has 1 aromatic carbocycles. The number of benzene rings is 1. The van der Waals surface area contributed by atoms with Gasteiger partial charge in [-0.1, -0.05) is 18.2 Å². The van der Waals surface area contributed by atoms with Crippen LogP contribution in [-0.2, 0) is 11.8 Å². The van der Waals surface area contributed by atoms with E-state index in [0.717, 1.165) is 41.9 Å². The number of carbonyl (C=O) groups is 1. The highest BCUT2D eigenvalue weighted by Gasteiger charge is 2.26. The van der Waals surface area contributed by atoms with Gasteiger partial charge in [0.1, 0.15) is 5.82 Å². The molecule has 0 saturated carbocycles. The molecular weight excluding hydrogens is 316 g/mol. The number of rotatable bonds is 4. The van der Waals surface area contributed by atoms with Crippen LogP contribution in [0.25, 0.3) is 10.9 Å². The third kappa shape index (κ3) is 3.28. The molecule has 7 heteroatoms. The molecule has 7 nitrogen and oxygen atoms in total. The van der Waals surface area contributed by atoms with Gasteiger partial charge in [0.2, 0.25) is 5.91 Å². The second-order valence-corrected chi connectivity index (χ2v) is 6.69. The molecule has 1 aliphatic rings. The van der Waals surface area contributed by atoms with Crippen molar-refractivity contribution in [1.29, 1.82) is 0 Å². The van der Waals surface area contributed by atoms with E-state index in [1.807, 2.05) is 42.9 Å². The highest BCUT2D eigenvalue weighted by Crippen LogP contribution is 2.23. The Morgan fingerprint density at radius 3 is 2.92 bits per heavy atom. The number of anilines is 1. The third-order valence-electron chi connectivity index (χ3n) is 4.69. The van der Waals surface area contributed by atoms with E-state index in [1.54, 1.807) is 4.68 Å². The molecule has 1 saturated heterocycles. The molecule has 1 amide bonds. The lowest BCUT2D eigenvalue weighted by molar-refractivity contribution is -0.117. The monoisotopic (exact) mass is 338 g/mol. The van der Waals surface area contributed by atoms with Crippen LogP contribution in [0.5, 0.6) is 0 Å². The first-order chi connectivity index (χ1) is 12.1. The summed E-state index contributed by atoms with van der Waals surface area (Å²) in [5.41, 5.74) is 1.91. The van der Waals surface area contributed by atoms with Gasteiger partial charge in [0.15, 0.2) is 0 Å². The van der Waals surface area contributed by atoms with Crippen molar-refractivity contribution in [1.82, 2.24) is 24.5 Å². The molecule has 0 aliphatic carbocycles. The number of amides is 1. The van der Waals surface area contributed by atoms with Crippen molar-refractivity contribution in [3.63, 3.8) is 0 Å². The topological polar surface area (TPSA) is 68.0 Å². The van der Waals surface area contributed by atoms with E-state index in [-0.39, 0.29) is 5.91 Å². The lowest BCUT2D eigenvalue weighted by atomic mass is 10.2. The lowest BCUT2D eigenvalue weighted by Gasteiger charge is -2.15. The van der Waals surface area contributed by atoms with E-state index in [0.29, 0.717) is 12.6 Å². The molecule has 0 spiro atoms. The molecule has 1 N–H and O–H groups in total. The van der Waals surface area contributed by atoms with Crippen LogP contribution in [-0.4, -0.2) is 50.0 Å². The van der Waals surface area contributed by atoms with Gasteiger partial charge >= 0.3 is 0 Å². The zero-order valence-electron chi connectivity index (χ0n) is 14.5. The number of carbonyl (C=O) groups excluding carboxylic acids is 1. The molecule has 3 aromatic rings. The molecule has 1 aliphatic heterocycles. The quantitative estimate of drug-likeness (QED) is 0.790. The maximum absolute atomic E-state index is 12.3. The molecule has 4 rings (SSSR count). The smallest absolute Gasteiger partial charge is 0.239 e. The average molecular weight is 338 g/mol. The minimum Gasteiger partial charge on any atom is -0.310 e. The van der Waals surface area contributed by atoms with Crippen molar-refractivity contribution in [2.45, 2.75) is 19.4 Å². The van der Waals surface area contributed by atoms with Crippen LogP contribution in [0, 0.1) is 6.92 Å². The average Bonchev–Trinajstić information content (AvgIpc) is 3.26. The first-order valence-electron chi connectivity index (χ1n) is 8.55. The minimum absolute atomic E-state index is 0.00530. The van der Waals surface area contributed by atoms with E-state index in [9.17, 15) is 4.79 Å². The van der Waals surface area contributed by atoms with Crippen LogP contribution in [0.3, 0.4) is 0 Å². The van der Waals surface area contributed by atoms with Crippen molar-refractivity contribution >= 4 is 22.6 Å². The van der Waals surface area contributed by atoms with Crippen molar-refractivity contribution < 1.29 is 4.79 Å². The van der Waals surface area contributed by atoms with Gasteiger partial charge in [0.25, 0.3) is 0 Å². The van der Waals surface area contributed by atoms with Crippen molar-refractivity contribution in [3.05, 3.63) is 42.2 Å². The molecule has 1 atom stereocenters. The summed E-state index contributed by atoms with van der Waals surface area (Å²) >= 11 is 0. The number of nitrogens with zero attached hydrogens (tertiary/aromatic N) is 5. The van der Waals surface area contributed by atoms with Gasteiger partial charge < -0.3 is 5.32 Å². The largest absolute Gasteiger partial charge is 0.310 e. The maximum Gasteiger partial charge on any atom is 0.239 e. The summed E-state index contributed by atoms with van der Waals surface area (Å²) in [5.74, 6) is 0.728. The molecule has 2 aromatic heterocycles. The first-order valence-corrected chi connectivity index (χ1v) is 8.55. The standard InChI is InChI=1S/C18H22N6O/c1-13-9-17(22(2)20-13)19-18(25)12-23-8-7-15(11-23)24-10-14-5-3-4-6-16(14)21-24/h3-6,9-10,15H,7-8,11-12H2,1-2H3,(H,19,25). The Balaban J connectivity index is 1.37. The number of fused-ring (bicyclic) bond motifs is 1. The van der Waals surface area contributed by atoms with Gasteiger partial charge in [-0.05, 0) is 19.4 Å². The molecular formula is C18H22N6O. The maximum atomic E-state index is 12.3. The van der Waals surface area contributed by atoms with Crippen molar-refractivity contribution in [2.75, 3.05) is 25.0 Å². The van der Waals surface area contributed by atoms with Gasteiger partial charge in [-0.3, -0.25) is 19.1 Å². The molecule has 3 heterocycles. The molecule has 0 radical (unpaired) electrons. The Kier molecular flexibility index (Phi) is 4.01. The fraction of sp³-hybridized carbons (Fsp3) is 0.389. The zero-order valence-corrected chi connectivity index (χ0v) is 14.5. The van der Waals surface area contributed by atoms with Crippen LogP contribution in [0.2, 0.25) is 0 Å². The van der Waals surface area contributed by atoms with E-state index in [4.69, 9.17) is 0 Å². The van der Waals surface area contributed by atoms with E-state index in [1.165, 1.54) is 0 Å². The number of nitrogens with one attached hydrogen (secondary N) is 1. The number of aromatic nitrogens is 4. The second-order valence-electron chi connectivity index (χ2n) is 6.69. The van der Waals surface area contributed by atoms with Gasteiger partial charge in [-0.25, -0.2) is 0 Å².